The number of methoxy groups -OCH3 is 1. The SMILES string of the molecule is COc1cc(-c2cc(C(=O)NCCS(=O)(=O)O)nc(C(=O)NCCS(=O)(=O)O)c2)cc2c1N=C(C)C2(C)C. The van der Waals surface area contributed by atoms with Gasteiger partial charge in [-0.15, -0.1) is 0 Å². The number of pyridine rings is 1. The number of amides is 2. The van der Waals surface area contributed by atoms with Crippen LogP contribution >= 0.6 is 0 Å². The number of nitrogens with zero attached hydrogens (tertiary/aromatic N) is 2. The fourth-order valence-electron chi connectivity index (χ4n) is 3.72. The van der Waals surface area contributed by atoms with E-state index in [0.717, 1.165) is 11.3 Å². The molecule has 1 aromatic heterocycles. The number of nitrogens with one attached hydrogen (secondary N) is 2. The topological polar surface area (TPSA) is 201 Å². The van der Waals surface area contributed by atoms with Gasteiger partial charge in [0.2, 0.25) is 0 Å². The minimum Gasteiger partial charge on any atom is -0.494 e. The minimum atomic E-state index is -4.32. The van der Waals surface area contributed by atoms with Crippen LogP contribution < -0.4 is 15.4 Å². The molecule has 4 N–H and O–H groups in total. The van der Waals surface area contributed by atoms with E-state index in [1.807, 2.05) is 26.8 Å². The number of hydrogen-bond acceptors (Lipinski definition) is 9. The Morgan fingerprint density at radius 1 is 0.895 bits per heavy atom. The number of carbonyl (C=O) groups is 2. The number of hydrogen-bond donors (Lipinski definition) is 4. The molecule has 0 saturated carbocycles. The Morgan fingerprint density at radius 2 is 1.37 bits per heavy atom. The fourth-order valence-corrected chi connectivity index (χ4v) is 4.44. The van der Waals surface area contributed by atoms with Gasteiger partial charge in [0, 0.05) is 24.2 Å². The molecule has 0 unspecified atom stereocenters. The third-order valence-corrected chi connectivity index (χ3v) is 7.51. The smallest absolute Gasteiger partial charge is 0.269 e. The summed E-state index contributed by atoms with van der Waals surface area (Å²) in [7, 11) is -7.15. The molecule has 1 aliphatic heterocycles. The van der Waals surface area contributed by atoms with Gasteiger partial charge in [-0.05, 0) is 47.9 Å². The molecule has 1 aliphatic rings. The van der Waals surface area contributed by atoms with E-state index in [4.69, 9.17) is 13.8 Å². The number of carbonyl (C=O) groups excluding carboxylic acids is 2. The highest BCUT2D eigenvalue weighted by Crippen LogP contribution is 2.47. The highest BCUT2D eigenvalue weighted by Gasteiger charge is 2.34. The highest BCUT2D eigenvalue weighted by atomic mass is 32.2. The van der Waals surface area contributed by atoms with E-state index in [0.29, 0.717) is 22.6 Å². The van der Waals surface area contributed by atoms with Gasteiger partial charge in [-0.3, -0.25) is 23.7 Å². The van der Waals surface area contributed by atoms with Crippen molar-refractivity contribution >= 4 is 43.4 Å². The van der Waals surface area contributed by atoms with Gasteiger partial charge < -0.3 is 15.4 Å². The van der Waals surface area contributed by atoms with Crippen molar-refractivity contribution < 1.29 is 40.3 Å². The summed E-state index contributed by atoms with van der Waals surface area (Å²) >= 11 is 0. The second-order valence-electron chi connectivity index (χ2n) is 9.11. The average Bonchev–Trinajstić information content (AvgIpc) is 3.04. The molecule has 2 aromatic rings. The predicted octanol–water partition coefficient (Wildman–Crippen LogP) is 1.38. The van der Waals surface area contributed by atoms with Gasteiger partial charge in [-0.25, -0.2) is 4.98 Å². The Kier molecular flexibility index (Phi) is 8.26. The highest BCUT2D eigenvalue weighted by molar-refractivity contribution is 7.86. The lowest BCUT2D eigenvalue weighted by Gasteiger charge is -2.21. The summed E-state index contributed by atoms with van der Waals surface area (Å²) in [6.45, 7) is 5.08. The van der Waals surface area contributed by atoms with Crippen molar-refractivity contribution in [2.45, 2.75) is 26.2 Å². The Bertz CT molecular complexity index is 1460. The lowest BCUT2D eigenvalue weighted by molar-refractivity contribution is 0.0947. The molecular formula is C23H28N4O9S2. The van der Waals surface area contributed by atoms with Gasteiger partial charge in [-0.1, -0.05) is 13.8 Å². The molecule has 0 radical (unpaired) electrons. The normalized spacial score (nSPS) is 14.4. The van der Waals surface area contributed by atoms with Crippen LogP contribution in [0.25, 0.3) is 11.1 Å². The number of fused-ring (bicyclic) bond motifs is 1. The summed E-state index contributed by atoms with van der Waals surface area (Å²) in [5.41, 5.74) is 2.47. The quantitative estimate of drug-likeness (QED) is 0.303. The lowest BCUT2D eigenvalue weighted by atomic mass is 9.81. The third kappa shape index (κ3) is 6.92. The molecule has 1 aromatic carbocycles. The van der Waals surface area contributed by atoms with Gasteiger partial charge >= 0.3 is 0 Å². The zero-order valence-corrected chi connectivity index (χ0v) is 22.7. The summed E-state index contributed by atoms with van der Waals surface area (Å²) in [6, 6.07) is 6.34. The third-order valence-electron chi connectivity index (χ3n) is 6.07. The monoisotopic (exact) mass is 568 g/mol. The van der Waals surface area contributed by atoms with Crippen molar-refractivity contribution in [3.63, 3.8) is 0 Å². The predicted molar refractivity (Wildman–Crippen MR) is 140 cm³/mol. The minimum absolute atomic E-state index is 0.232. The van der Waals surface area contributed by atoms with E-state index in [-0.39, 0.29) is 11.4 Å². The second-order valence-corrected chi connectivity index (χ2v) is 12.3. The molecular weight excluding hydrogens is 540 g/mol. The van der Waals surface area contributed by atoms with Crippen LogP contribution in [0.2, 0.25) is 0 Å². The van der Waals surface area contributed by atoms with Crippen LogP contribution in [-0.2, 0) is 25.7 Å². The van der Waals surface area contributed by atoms with E-state index in [2.05, 4.69) is 20.6 Å². The van der Waals surface area contributed by atoms with Gasteiger partial charge in [-0.2, -0.15) is 16.8 Å². The number of aromatic nitrogens is 1. The first-order valence-corrected chi connectivity index (χ1v) is 14.5. The summed E-state index contributed by atoms with van der Waals surface area (Å²) < 4.78 is 67.3. The molecule has 2 heterocycles. The first-order chi connectivity index (χ1) is 17.5. The molecule has 0 aliphatic carbocycles. The van der Waals surface area contributed by atoms with E-state index < -0.39 is 62.1 Å². The summed E-state index contributed by atoms with van der Waals surface area (Å²) in [6.07, 6.45) is 0. The zero-order valence-electron chi connectivity index (χ0n) is 21.1. The van der Waals surface area contributed by atoms with Crippen LogP contribution in [0.15, 0.2) is 29.3 Å². The van der Waals surface area contributed by atoms with Crippen LogP contribution in [-0.4, -0.2) is 80.2 Å². The average molecular weight is 569 g/mol. The lowest BCUT2D eigenvalue weighted by Crippen LogP contribution is -2.32. The molecule has 0 fully saturated rings. The number of rotatable bonds is 10. The van der Waals surface area contributed by atoms with E-state index >= 15 is 0 Å². The van der Waals surface area contributed by atoms with Crippen LogP contribution in [0.1, 0.15) is 47.3 Å². The largest absolute Gasteiger partial charge is 0.494 e. The summed E-state index contributed by atoms with van der Waals surface area (Å²) in [4.78, 5) is 34.2. The first-order valence-electron chi connectivity index (χ1n) is 11.3. The Balaban J connectivity index is 2.05. The van der Waals surface area contributed by atoms with Crippen LogP contribution in [0.3, 0.4) is 0 Å². The van der Waals surface area contributed by atoms with E-state index in [1.54, 1.807) is 6.07 Å². The summed E-state index contributed by atoms with van der Waals surface area (Å²) in [5, 5.41) is 4.64. The maximum absolute atomic E-state index is 12.8. The molecule has 0 spiro atoms. The van der Waals surface area contributed by atoms with Crippen molar-refractivity contribution in [1.82, 2.24) is 15.6 Å². The van der Waals surface area contributed by atoms with Crippen LogP contribution in [0.5, 0.6) is 5.75 Å². The van der Waals surface area contributed by atoms with Crippen molar-refractivity contribution in [2.24, 2.45) is 4.99 Å². The van der Waals surface area contributed by atoms with Crippen molar-refractivity contribution in [1.29, 1.82) is 0 Å². The first kappa shape index (κ1) is 29.2. The maximum atomic E-state index is 12.8. The zero-order chi connectivity index (χ0) is 28.5. The number of ether oxygens (including phenoxy) is 1. The molecule has 38 heavy (non-hydrogen) atoms. The molecule has 3 rings (SSSR count). The maximum Gasteiger partial charge on any atom is 0.269 e. The Hall–Kier alpha value is -3.40. The van der Waals surface area contributed by atoms with Crippen LogP contribution in [0.4, 0.5) is 5.69 Å². The van der Waals surface area contributed by atoms with Gasteiger partial charge in [0.25, 0.3) is 32.1 Å². The Morgan fingerprint density at radius 3 is 1.82 bits per heavy atom. The Labute approximate surface area is 220 Å². The molecule has 13 nitrogen and oxygen atoms in total. The van der Waals surface area contributed by atoms with Gasteiger partial charge in [0.15, 0.2) is 0 Å². The molecule has 0 saturated heterocycles. The van der Waals surface area contributed by atoms with Crippen LogP contribution in [0, 0.1) is 0 Å². The molecule has 206 valence electrons. The molecule has 0 atom stereocenters. The number of aliphatic imine (C=N–C) groups is 1. The summed E-state index contributed by atoms with van der Waals surface area (Å²) in [5.74, 6) is -2.60. The molecule has 15 heteroatoms. The van der Waals surface area contributed by atoms with Gasteiger partial charge in [0.1, 0.15) is 22.8 Å². The molecule has 0 bridgehead atoms. The van der Waals surface area contributed by atoms with E-state index in [1.165, 1.54) is 19.2 Å². The van der Waals surface area contributed by atoms with Crippen molar-refractivity contribution in [3.8, 4) is 16.9 Å². The standard InChI is InChI=1S/C23H28N4O9S2/c1-13-23(2,3)16-9-14(12-19(36-4)20(16)26-13)15-10-17(21(28)24-5-7-37(30,31)32)27-18(11-15)22(29)25-6-8-38(33,34)35/h9-12H,5-8H2,1-4H3,(H,24,28)(H,25,29)(H,30,31,32)(H,33,34,35). The number of benzene rings is 1. The molecule has 2 amide bonds. The van der Waals surface area contributed by atoms with Crippen molar-refractivity contribution in [3.05, 3.63) is 41.2 Å². The second kappa shape index (κ2) is 10.8. The van der Waals surface area contributed by atoms with Crippen molar-refractivity contribution in [2.75, 3.05) is 31.7 Å². The van der Waals surface area contributed by atoms with Gasteiger partial charge in [0.05, 0.1) is 18.6 Å². The van der Waals surface area contributed by atoms with E-state index in [9.17, 15) is 26.4 Å². The fraction of sp³-hybridized carbons (Fsp3) is 0.391.